The largest absolute Gasteiger partial charge is 0.348 e. The van der Waals surface area contributed by atoms with Gasteiger partial charge in [-0.2, -0.15) is 5.10 Å². The first-order valence-corrected chi connectivity index (χ1v) is 6.39. The Labute approximate surface area is 116 Å². The Balaban J connectivity index is 2.36. The van der Waals surface area contributed by atoms with E-state index in [9.17, 15) is 9.18 Å². The van der Waals surface area contributed by atoms with E-state index in [0.29, 0.717) is 18.5 Å². The molecular weight excluding hydrogens is 257 g/mol. The summed E-state index contributed by atoms with van der Waals surface area (Å²) in [5, 5.41) is 6.95. The molecule has 1 aromatic heterocycles. The first-order valence-electron chi connectivity index (χ1n) is 6.39. The van der Waals surface area contributed by atoms with Gasteiger partial charge in [0, 0.05) is 6.54 Å². The van der Waals surface area contributed by atoms with E-state index < -0.39 is 0 Å². The molecule has 1 N–H and O–H groups in total. The first-order chi connectivity index (χ1) is 9.67. The molecule has 0 aliphatic rings. The summed E-state index contributed by atoms with van der Waals surface area (Å²) in [7, 11) is 0. The predicted octanol–water partition coefficient (Wildman–Crippen LogP) is 2.49. The summed E-state index contributed by atoms with van der Waals surface area (Å²) in [6.45, 7) is 5.91. The predicted molar refractivity (Wildman–Crippen MR) is 75.4 cm³/mol. The Morgan fingerprint density at radius 1 is 1.45 bits per heavy atom. The summed E-state index contributed by atoms with van der Waals surface area (Å²) < 4.78 is 14.6. The molecule has 0 radical (unpaired) electrons. The molecule has 0 spiro atoms. The van der Waals surface area contributed by atoms with E-state index >= 15 is 0 Å². The van der Waals surface area contributed by atoms with Crippen molar-refractivity contribution >= 4 is 5.91 Å². The highest BCUT2D eigenvalue weighted by molar-refractivity contribution is 5.95. The van der Waals surface area contributed by atoms with Crippen LogP contribution in [0.2, 0.25) is 0 Å². The molecule has 0 saturated carbocycles. The van der Waals surface area contributed by atoms with E-state index in [1.54, 1.807) is 22.9 Å². The Bertz CT molecular complexity index is 617. The lowest BCUT2D eigenvalue weighted by molar-refractivity contribution is 0.0957. The van der Waals surface area contributed by atoms with Crippen molar-refractivity contribution in [2.24, 2.45) is 0 Å². The highest BCUT2D eigenvalue weighted by Gasteiger charge is 2.16. The van der Waals surface area contributed by atoms with E-state index in [4.69, 9.17) is 0 Å². The molecule has 5 heteroatoms. The van der Waals surface area contributed by atoms with Crippen LogP contribution in [-0.4, -0.2) is 22.2 Å². The van der Waals surface area contributed by atoms with Crippen molar-refractivity contribution < 1.29 is 9.18 Å². The fraction of sp³-hybridized carbons (Fsp3) is 0.200. The van der Waals surface area contributed by atoms with Crippen LogP contribution in [0.15, 0.2) is 43.1 Å². The van der Waals surface area contributed by atoms with Gasteiger partial charge < -0.3 is 5.32 Å². The van der Waals surface area contributed by atoms with Crippen molar-refractivity contribution in [2.75, 3.05) is 6.54 Å². The molecular formula is C15H16FN3O. The topological polar surface area (TPSA) is 46.9 Å². The maximum atomic E-state index is 13.0. The third kappa shape index (κ3) is 2.77. The van der Waals surface area contributed by atoms with Crippen molar-refractivity contribution in [1.29, 1.82) is 0 Å². The minimum Gasteiger partial charge on any atom is -0.348 e. The van der Waals surface area contributed by atoms with Crippen molar-refractivity contribution in [3.8, 4) is 5.69 Å². The zero-order valence-corrected chi connectivity index (χ0v) is 11.3. The molecule has 4 nitrogen and oxygen atoms in total. The Hall–Kier alpha value is -2.43. The molecule has 20 heavy (non-hydrogen) atoms. The zero-order valence-electron chi connectivity index (χ0n) is 11.3. The quantitative estimate of drug-likeness (QED) is 0.851. The van der Waals surface area contributed by atoms with Crippen LogP contribution in [0.4, 0.5) is 4.39 Å². The molecule has 1 amide bonds. The molecule has 2 rings (SSSR count). The van der Waals surface area contributed by atoms with Gasteiger partial charge in [-0.05, 0) is 30.7 Å². The van der Waals surface area contributed by atoms with Gasteiger partial charge in [0.05, 0.1) is 23.1 Å². The van der Waals surface area contributed by atoms with Crippen LogP contribution >= 0.6 is 0 Å². The second kappa shape index (κ2) is 6.14. The third-order valence-electron chi connectivity index (χ3n) is 2.93. The number of amides is 1. The number of hydrogen-bond donors (Lipinski definition) is 1. The molecule has 0 aliphatic heterocycles. The van der Waals surface area contributed by atoms with Gasteiger partial charge in [0.1, 0.15) is 5.82 Å². The van der Waals surface area contributed by atoms with Crippen molar-refractivity contribution in [1.82, 2.24) is 15.1 Å². The zero-order chi connectivity index (χ0) is 14.5. The van der Waals surface area contributed by atoms with Crippen molar-refractivity contribution in [3.63, 3.8) is 0 Å². The first kappa shape index (κ1) is 14.0. The van der Waals surface area contributed by atoms with Crippen LogP contribution in [0.25, 0.3) is 5.69 Å². The molecule has 0 bridgehead atoms. The van der Waals surface area contributed by atoms with Gasteiger partial charge in [-0.25, -0.2) is 9.07 Å². The summed E-state index contributed by atoms with van der Waals surface area (Å²) in [5.74, 6) is -0.488. The second-order valence-electron chi connectivity index (χ2n) is 4.25. The van der Waals surface area contributed by atoms with Gasteiger partial charge in [-0.1, -0.05) is 13.0 Å². The molecule has 104 valence electrons. The SMILES string of the molecule is C=CCNC(=O)c1cnn(-c2ccc(F)cc2)c1CC. The molecule has 0 aliphatic carbocycles. The van der Waals surface area contributed by atoms with Crippen molar-refractivity contribution in [3.05, 3.63) is 60.2 Å². The number of aromatic nitrogens is 2. The average molecular weight is 273 g/mol. The third-order valence-corrected chi connectivity index (χ3v) is 2.93. The minimum absolute atomic E-state index is 0.185. The molecule has 0 unspecified atom stereocenters. The summed E-state index contributed by atoms with van der Waals surface area (Å²) in [6.07, 6.45) is 3.79. The fourth-order valence-electron chi connectivity index (χ4n) is 1.97. The van der Waals surface area contributed by atoms with E-state index in [2.05, 4.69) is 17.0 Å². The lowest BCUT2D eigenvalue weighted by atomic mass is 10.2. The van der Waals surface area contributed by atoms with Crippen LogP contribution in [0, 0.1) is 5.82 Å². The number of carbonyl (C=O) groups is 1. The number of hydrogen-bond acceptors (Lipinski definition) is 2. The van der Waals surface area contributed by atoms with E-state index in [1.165, 1.54) is 18.3 Å². The van der Waals surface area contributed by atoms with Gasteiger partial charge in [0.2, 0.25) is 0 Å². The lowest BCUT2D eigenvalue weighted by Gasteiger charge is -2.08. The van der Waals surface area contributed by atoms with Crippen LogP contribution in [0.5, 0.6) is 0 Å². The standard InChI is InChI=1S/C15H16FN3O/c1-3-9-17-15(20)13-10-18-19(14(13)4-2)12-7-5-11(16)6-8-12/h3,5-8,10H,1,4,9H2,2H3,(H,17,20). The summed E-state index contributed by atoms with van der Waals surface area (Å²) in [4.78, 5) is 12.0. The smallest absolute Gasteiger partial charge is 0.255 e. The second-order valence-corrected chi connectivity index (χ2v) is 4.25. The van der Waals surface area contributed by atoms with Crippen LogP contribution in [0.1, 0.15) is 23.0 Å². The van der Waals surface area contributed by atoms with Crippen LogP contribution in [-0.2, 0) is 6.42 Å². The molecule has 0 saturated heterocycles. The summed E-state index contributed by atoms with van der Waals surface area (Å²) in [5.41, 5.74) is 2.04. The summed E-state index contributed by atoms with van der Waals surface area (Å²) >= 11 is 0. The maximum absolute atomic E-state index is 13.0. The Morgan fingerprint density at radius 3 is 2.75 bits per heavy atom. The Morgan fingerprint density at radius 2 is 2.15 bits per heavy atom. The van der Waals surface area contributed by atoms with Crippen LogP contribution in [0.3, 0.4) is 0 Å². The van der Waals surface area contributed by atoms with Crippen molar-refractivity contribution in [2.45, 2.75) is 13.3 Å². The Kier molecular flexibility index (Phi) is 4.30. The number of halogens is 1. The van der Waals surface area contributed by atoms with E-state index in [0.717, 1.165) is 11.4 Å². The average Bonchev–Trinajstić information content (AvgIpc) is 2.89. The van der Waals surface area contributed by atoms with Gasteiger partial charge in [-0.3, -0.25) is 4.79 Å². The highest BCUT2D eigenvalue weighted by Crippen LogP contribution is 2.16. The molecule has 1 aromatic carbocycles. The number of rotatable bonds is 5. The highest BCUT2D eigenvalue weighted by atomic mass is 19.1. The van der Waals surface area contributed by atoms with Gasteiger partial charge >= 0.3 is 0 Å². The van der Waals surface area contributed by atoms with Gasteiger partial charge in [0.15, 0.2) is 0 Å². The minimum atomic E-state index is -0.303. The van der Waals surface area contributed by atoms with Gasteiger partial charge in [0.25, 0.3) is 5.91 Å². The lowest BCUT2D eigenvalue weighted by Crippen LogP contribution is -2.24. The number of carbonyl (C=O) groups excluding carboxylic acids is 1. The molecule has 1 heterocycles. The number of nitrogens with one attached hydrogen (secondary N) is 1. The van der Waals surface area contributed by atoms with E-state index in [-0.39, 0.29) is 11.7 Å². The summed E-state index contributed by atoms with van der Waals surface area (Å²) in [6, 6.07) is 6.00. The van der Waals surface area contributed by atoms with Gasteiger partial charge in [-0.15, -0.1) is 6.58 Å². The maximum Gasteiger partial charge on any atom is 0.255 e. The molecule has 0 atom stereocenters. The molecule has 2 aromatic rings. The van der Waals surface area contributed by atoms with Crippen LogP contribution < -0.4 is 5.32 Å². The molecule has 0 fully saturated rings. The fourth-order valence-corrected chi connectivity index (χ4v) is 1.97. The normalized spacial score (nSPS) is 10.3. The number of nitrogens with zero attached hydrogens (tertiary/aromatic N) is 2. The van der Waals surface area contributed by atoms with E-state index in [1.807, 2.05) is 6.92 Å². The monoisotopic (exact) mass is 273 g/mol. The number of benzene rings is 1.